The van der Waals surface area contributed by atoms with E-state index in [9.17, 15) is 14.4 Å². The molecule has 2 N–H and O–H groups in total. The molecule has 122 valence electrons. The fraction of sp³-hybridized carbons (Fsp3) is 0.125. The highest BCUT2D eigenvalue weighted by atomic mass is 32.1. The Morgan fingerprint density at radius 1 is 1.21 bits per heavy atom. The summed E-state index contributed by atoms with van der Waals surface area (Å²) >= 11 is 1.38. The molecule has 2 heterocycles. The van der Waals surface area contributed by atoms with Crippen LogP contribution in [-0.2, 0) is 11.3 Å². The van der Waals surface area contributed by atoms with Crippen molar-refractivity contribution in [1.82, 2.24) is 14.9 Å². The van der Waals surface area contributed by atoms with Gasteiger partial charge in [-0.2, -0.15) is 0 Å². The highest BCUT2D eigenvalue weighted by Crippen LogP contribution is 2.13. The number of nitrogens with zero attached hydrogens (tertiary/aromatic N) is 2. The Hall–Kier alpha value is -3.00. The predicted molar refractivity (Wildman–Crippen MR) is 92.3 cm³/mol. The minimum atomic E-state index is -0.346. The lowest BCUT2D eigenvalue weighted by atomic mass is 10.2. The summed E-state index contributed by atoms with van der Waals surface area (Å²) in [6, 6.07) is 8.18. The van der Waals surface area contributed by atoms with Crippen LogP contribution in [0.1, 0.15) is 10.4 Å². The molecule has 24 heavy (non-hydrogen) atoms. The molecule has 7 nitrogen and oxygen atoms in total. The molecule has 3 rings (SSSR count). The van der Waals surface area contributed by atoms with E-state index in [0.29, 0.717) is 21.5 Å². The van der Waals surface area contributed by atoms with E-state index < -0.39 is 0 Å². The first-order valence-corrected chi connectivity index (χ1v) is 8.01. The predicted octanol–water partition coefficient (Wildman–Crippen LogP) is 1.46. The van der Waals surface area contributed by atoms with Crippen molar-refractivity contribution < 1.29 is 9.59 Å². The van der Waals surface area contributed by atoms with Gasteiger partial charge in [-0.15, -0.1) is 11.3 Å². The smallest absolute Gasteiger partial charge is 0.262 e. The van der Waals surface area contributed by atoms with E-state index in [0.717, 1.165) is 0 Å². The van der Waals surface area contributed by atoms with Crippen LogP contribution in [0.5, 0.6) is 0 Å². The first kappa shape index (κ1) is 15.9. The Bertz CT molecular complexity index is 959. The second-order valence-electron chi connectivity index (χ2n) is 5.02. The van der Waals surface area contributed by atoms with E-state index in [1.165, 1.54) is 22.2 Å². The summed E-state index contributed by atoms with van der Waals surface area (Å²) in [6.45, 7) is -0.130. The van der Waals surface area contributed by atoms with Gasteiger partial charge < -0.3 is 10.6 Å². The molecule has 2 amide bonds. The zero-order valence-corrected chi connectivity index (χ0v) is 13.6. The van der Waals surface area contributed by atoms with Gasteiger partial charge in [-0.25, -0.2) is 4.98 Å². The molecule has 0 spiro atoms. The Labute approximate surface area is 141 Å². The topological polar surface area (TPSA) is 93.1 Å². The third kappa shape index (κ3) is 3.18. The van der Waals surface area contributed by atoms with E-state index in [1.807, 2.05) is 0 Å². The molecule has 2 aromatic heterocycles. The second-order valence-corrected chi connectivity index (χ2v) is 5.92. The zero-order chi connectivity index (χ0) is 17.1. The summed E-state index contributed by atoms with van der Waals surface area (Å²) in [5.41, 5.74) is 0.801. The van der Waals surface area contributed by atoms with E-state index in [-0.39, 0.29) is 23.9 Å². The molecule has 0 bridgehead atoms. The van der Waals surface area contributed by atoms with Crippen LogP contribution < -0.4 is 16.2 Å². The maximum Gasteiger partial charge on any atom is 0.262 e. The average Bonchev–Trinajstić information content (AvgIpc) is 3.07. The first-order chi connectivity index (χ1) is 11.6. The molecular formula is C16H14N4O3S. The third-order valence-corrected chi connectivity index (χ3v) is 4.24. The molecule has 0 aliphatic rings. The summed E-state index contributed by atoms with van der Waals surface area (Å²) in [5.74, 6) is -0.546. The van der Waals surface area contributed by atoms with Gasteiger partial charge in [0.15, 0.2) is 0 Å². The fourth-order valence-corrected chi connectivity index (χ4v) is 2.93. The summed E-state index contributed by atoms with van der Waals surface area (Å²) in [6.07, 6.45) is 1.37. The van der Waals surface area contributed by atoms with Crippen LogP contribution in [0.25, 0.3) is 10.2 Å². The number of thiophene rings is 1. The van der Waals surface area contributed by atoms with Crippen LogP contribution in [0.15, 0.2) is 46.8 Å². The number of rotatable bonds is 4. The van der Waals surface area contributed by atoms with Crippen molar-refractivity contribution in [3.8, 4) is 0 Å². The molecule has 0 unspecified atom stereocenters. The quantitative estimate of drug-likeness (QED) is 0.751. The molecular weight excluding hydrogens is 328 g/mol. The number of nitrogens with one attached hydrogen (secondary N) is 2. The van der Waals surface area contributed by atoms with Gasteiger partial charge in [0.2, 0.25) is 5.91 Å². The molecule has 0 radical (unpaired) electrons. The highest BCUT2D eigenvalue weighted by molar-refractivity contribution is 7.16. The van der Waals surface area contributed by atoms with Crippen LogP contribution in [0.3, 0.4) is 0 Å². The molecule has 0 fully saturated rings. The molecule has 0 aliphatic heterocycles. The number of benzene rings is 1. The summed E-state index contributed by atoms with van der Waals surface area (Å²) < 4.78 is 1.27. The first-order valence-electron chi connectivity index (χ1n) is 7.13. The van der Waals surface area contributed by atoms with Crippen LogP contribution in [0.2, 0.25) is 0 Å². The summed E-state index contributed by atoms with van der Waals surface area (Å²) in [7, 11) is 1.55. The van der Waals surface area contributed by atoms with Crippen molar-refractivity contribution >= 4 is 39.1 Å². The number of fused-ring (bicyclic) bond motifs is 1. The number of hydrogen-bond acceptors (Lipinski definition) is 5. The second kappa shape index (κ2) is 6.63. The van der Waals surface area contributed by atoms with Crippen LogP contribution >= 0.6 is 11.3 Å². The largest absolute Gasteiger partial charge is 0.355 e. The zero-order valence-electron chi connectivity index (χ0n) is 12.8. The van der Waals surface area contributed by atoms with Crippen molar-refractivity contribution in [1.29, 1.82) is 0 Å². The molecule has 0 atom stereocenters. The number of anilines is 1. The normalized spacial score (nSPS) is 10.5. The number of carbonyl (C=O) groups excluding carboxylic acids is 2. The number of carbonyl (C=O) groups is 2. The van der Waals surface area contributed by atoms with E-state index >= 15 is 0 Å². The molecule has 0 saturated heterocycles. The fourth-order valence-electron chi connectivity index (χ4n) is 2.21. The van der Waals surface area contributed by atoms with Gasteiger partial charge in [0.1, 0.15) is 11.4 Å². The minimum Gasteiger partial charge on any atom is -0.355 e. The van der Waals surface area contributed by atoms with Crippen molar-refractivity contribution in [2.45, 2.75) is 6.54 Å². The third-order valence-electron chi connectivity index (χ3n) is 3.42. The van der Waals surface area contributed by atoms with Gasteiger partial charge in [-0.1, -0.05) is 0 Å². The lowest BCUT2D eigenvalue weighted by Gasteiger charge is -2.08. The maximum absolute atomic E-state index is 12.2. The van der Waals surface area contributed by atoms with Crippen molar-refractivity contribution in [3.63, 3.8) is 0 Å². The monoisotopic (exact) mass is 342 g/mol. The van der Waals surface area contributed by atoms with E-state index in [2.05, 4.69) is 15.6 Å². The molecule has 8 heteroatoms. The number of amides is 2. The lowest BCUT2D eigenvalue weighted by Crippen LogP contribution is -2.27. The molecule has 1 aromatic carbocycles. The van der Waals surface area contributed by atoms with Gasteiger partial charge in [0, 0.05) is 18.3 Å². The van der Waals surface area contributed by atoms with Gasteiger partial charge in [-0.3, -0.25) is 19.0 Å². The lowest BCUT2D eigenvalue weighted by molar-refractivity contribution is -0.116. The summed E-state index contributed by atoms with van der Waals surface area (Å²) in [5, 5.41) is 7.50. The van der Waals surface area contributed by atoms with E-state index in [4.69, 9.17) is 0 Å². The molecule has 3 aromatic rings. The van der Waals surface area contributed by atoms with Crippen LogP contribution in [0, 0.1) is 0 Å². The minimum absolute atomic E-state index is 0.130. The van der Waals surface area contributed by atoms with Gasteiger partial charge in [-0.05, 0) is 35.7 Å². The van der Waals surface area contributed by atoms with E-state index in [1.54, 1.807) is 42.8 Å². The average molecular weight is 342 g/mol. The molecule has 0 saturated carbocycles. The van der Waals surface area contributed by atoms with Crippen molar-refractivity contribution in [2.75, 3.05) is 12.4 Å². The highest BCUT2D eigenvalue weighted by Gasteiger charge is 2.09. The number of hydrogen-bond donors (Lipinski definition) is 2. The van der Waals surface area contributed by atoms with Crippen LogP contribution in [-0.4, -0.2) is 28.4 Å². The standard InChI is InChI=1S/C16H14N4O3S/c1-17-14(22)10-2-4-11(5-3-10)19-13(21)8-20-9-18-15-12(16(20)23)6-7-24-15/h2-7,9H,8H2,1H3,(H,17,22)(H,19,21). The van der Waals surface area contributed by atoms with Gasteiger partial charge >= 0.3 is 0 Å². The SMILES string of the molecule is CNC(=O)c1ccc(NC(=O)Cn2cnc3sccc3c2=O)cc1. The van der Waals surface area contributed by atoms with Crippen molar-refractivity contribution in [3.05, 3.63) is 58.0 Å². The number of aromatic nitrogens is 2. The van der Waals surface area contributed by atoms with Crippen LogP contribution in [0.4, 0.5) is 5.69 Å². The summed E-state index contributed by atoms with van der Waals surface area (Å²) in [4.78, 5) is 40.6. The molecule has 0 aliphatic carbocycles. The Kier molecular flexibility index (Phi) is 4.39. The maximum atomic E-state index is 12.2. The van der Waals surface area contributed by atoms with Gasteiger partial charge in [0.05, 0.1) is 11.7 Å². The Morgan fingerprint density at radius 3 is 2.67 bits per heavy atom. The van der Waals surface area contributed by atoms with Gasteiger partial charge in [0.25, 0.3) is 11.5 Å². The van der Waals surface area contributed by atoms with Crippen molar-refractivity contribution in [2.24, 2.45) is 0 Å². The Morgan fingerprint density at radius 2 is 1.96 bits per heavy atom. The Balaban J connectivity index is 1.71.